The van der Waals surface area contributed by atoms with E-state index >= 15 is 0 Å². The van der Waals surface area contributed by atoms with Gasteiger partial charge in [-0.25, -0.2) is 0 Å². The van der Waals surface area contributed by atoms with Gasteiger partial charge >= 0.3 is 0 Å². The van der Waals surface area contributed by atoms with E-state index in [1.165, 1.54) is 17.3 Å². The van der Waals surface area contributed by atoms with Crippen LogP contribution in [0.25, 0.3) is 6.08 Å². The van der Waals surface area contributed by atoms with Gasteiger partial charge in [0, 0.05) is 0 Å². The van der Waals surface area contributed by atoms with Gasteiger partial charge in [0.2, 0.25) is 0 Å². The first-order valence-electron chi connectivity index (χ1n) is 11.7. The molecule has 1 aliphatic rings. The minimum Gasteiger partial charge on any atom is -0.504 e. The molecular weight excluding hydrogens is 474 g/mol. The highest BCUT2D eigenvalue weighted by Gasteiger charge is 2.34. The van der Waals surface area contributed by atoms with Crippen LogP contribution < -0.4 is 4.74 Å². The summed E-state index contributed by atoms with van der Waals surface area (Å²) < 4.78 is 10.9. The van der Waals surface area contributed by atoms with Crippen LogP contribution in [0.1, 0.15) is 50.1 Å². The average molecular weight is 504 g/mol. The zero-order chi connectivity index (χ0) is 25.7. The van der Waals surface area contributed by atoms with Gasteiger partial charge in [0.1, 0.15) is 5.76 Å². The van der Waals surface area contributed by atoms with Gasteiger partial charge in [-0.2, -0.15) is 5.10 Å². The molecule has 0 unspecified atom stereocenters. The number of carbonyl (C=O) groups excluding carboxylic acids is 1. The number of phenols is 1. The number of furan rings is 1. The number of amidine groups is 1. The Morgan fingerprint density at radius 3 is 2.53 bits per heavy atom. The maximum absolute atomic E-state index is 13.3. The molecule has 3 aromatic rings. The highest BCUT2D eigenvalue weighted by atomic mass is 32.2. The number of amides is 1. The summed E-state index contributed by atoms with van der Waals surface area (Å²) >= 11 is 1.24. The molecule has 0 radical (unpaired) electrons. The van der Waals surface area contributed by atoms with E-state index < -0.39 is 0 Å². The predicted octanol–water partition coefficient (Wildman–Crippen LogP) is 6.19. The predicted molar refractivity (Wildman–Crippen MR) is 144 cm³/mol. The molecule has 7 nitrogen and oxygen atoms in total. The second-order valence-electron chi connectivity index (χ2n) is 9.24. The maximum atomic E-state index is 13.3. The number of hydrogen-bond donors (Lipinski definition) is 1. The lowest BCUT2D eigenvalue weighted by Gasteiger charge is -2.18. The van der Waals surface area contributed by atoms with Crippen LogP contribution in [0.3, 0.4) is 0 Å². The summed E-state index contributed by atoms with van der Waals surface area (Å²) in [7, 11) is 0. The smallest absolute Gasteiger partial charge is 0.267 e. The Kier molecular flexibility index (Phi) is 7.64. The van der Waals surface area contributed by atoms with Gasteiger partial charge < -0.3 is 14.3 Å². The lowest BCUT2D eigenvalue weighted by atomic mass is 9.87. The van der Waals surface area contributed by atoms with Gasteiger partial charge in [-0.3, -0.25) is 9.69 Å². The number of aromatic hydroxyl groups is 1. The highest BCUT2D eigenvalue weighted by molar-refractivity contribution is 8.18. The van der Waals surface area contributed by atoms with Gasteiger partial charge in [0.25, 0.3) is 5.91 Å². The van der Waals surface area contributed by atoms with Gasteiger partial charge in [0.05, 0.1) is 30.5 Å². The molecule has 1 aromatic heterocycles. The third-order valence-corrected chi connectivity index (χ3v) is 6.49. The molecule has 4 rings (SSSR count). The number of nitrogens with zero attached hydrogens (tertiary/aromatic N) is 3. The fraction of sp³-hybridized carbons (Fsp3) is 0.250. The van der Waals surface area contributed by atoms with Crippen molar-refractivity contribution in [3.63, 3.8) is 0 Å². The van der Waals surface area contributed by atoms with Crippen molar-refractivity contribution in [2.24, 2.45) is 10.2 Å². The summed E-state index contributed by atoms with van der Waals surface area (Å²) in [6, 6.07) is 16.7. The van der Waals surface area contributed by atoms with E-state index in [9.17, 15) is 9.90 Å². The molecule has 0 bridgehead atoms. The van der Waals surface area contributed by atoms with Crippen molar-refractivity contribution in [1.82, 2.24) is 4.90 Å². The lowest BCUT2D eigenvalue weighted by molar-refractivity contribution is -0.122. The molecule has 1 N–H and O–H groups in total. The van der Waals surface area contributed by atoms with Crippen LogP contribution in [0.2, 0.25) is 0 Å². The molecule has 0 atom stereocenters. The molecule has 1 aliphatic heterocycles. The van der Waals surface area contributed by atoms with Crippen molar-refractivity contribution in [2.45, 2.75) is 39.7 Å². The van der Waals surface area contributed by atoms with E-state index in [2.05, 4.69) is 43.1 Å². The molecule has 1 saturated heterocycles. The van der Waals surface area contributed by atoms with E-state index in [4.69, 9.17) is 9.15 Å². The third-order valence-electron chi connectivity index (χ3n) is 5.49. The summed E-state index contributed by atoms with van der Waals surface area (Å²) in [6.45, 7) is 9.02. The Bertz CT molecular complexity index is 1300. The molecule has 1 amide bonds. The van der Waals surface area contributed by atoms with Gasteiger partial charge in [0.15, 0.2) is 16.7 Å². The number of hydrogen-bond acceptors (Lipinski definition) is 7. The van der Waals surface area contributed by atoms with Crippen molar-refractivity contribution >= 4 is 35.1 Å². The monoisotopic (exact) mass is 503 g/mol. The molecular formula is C28H29N3O4S. The van der Waals surface area contributed by atoms with Crippen LogP contribution in [0.4, 0.5) is 0 Å². The van der Waals surface area contributed by atoms with Crippen LogP contribution in [-0.2, 0) is 16.8 Å². The number of rotatable bonds is 7. The summed E-state index contributed by atoms with van der Waals surface area (Å²) in [5.41, 5.74) is 2.97. The first kappa shape index (κ1) is 25.3. The van der Waals surface area contributed by atoms with Crippen molar-refractivity contribution in [2.75, 3.05) is 6.61 Å². The second-order valence-corrected chi connectivity index (χ2v) is 10.2. The molecule has 8 heteroatoms. The zero-order valence-corrected chi connectivity index (χ0v) is 21.6. The first-order chi connectivity index (χ1) is 17.2. The SMILES string of the molecule is CCOc1cc(/C=C2\S/C(=N/N=C\c3ccc(C(C)(C)C)cc3)N(Cc3ccco3)C2=O)ccc1O. The number of ether oxygens (including phenoxy) is 1. The highest BCUT2D eigenvalue weighted by Crippen LogP contribution is 2.35. The normalized spacial score (nSPS) is 16.6. The van der Waals surface area contributed by atoms with Gasteiger partial charge in [-0.1, -0.05) is 51.1 Å². The fourth-order valence-corrected chi connectivity index (χ4v) is 4.47. The van der Waals surface area contributed by atoms with E-state index in [1.54, 1.807) is 47.7 Å². The minimum absolute atomic E-state index is 0.0518. The van der Waals surface area contributed by atoms with Gasteiger partial charge in [-0.15, -0.1) is 5.10 Å². The second kappa shape index (κ2) is 10.9. The van der Waals surface area contributed by atoms with Gasteiger partial charge in [-0.05, 0) is 71.1 Å². The Morgan fingerprint density at radius 1 is 1.11 bits per heavy atom. The molecule has 0 saturated carbocycles. The van der Waals surface area contributed by atoms with Crippen molar-refractivity contribution < 1.29 is 19.1 Å². The molecule has 2 aromatic carbocycles. The van der Waals surface area contributed by atoms with Crippen LogP contribution >= 0.6 is 11.8 Å². The minimum atomic E-state index is -0.203. The van der Waals surface area contributed by atoms with Crippen molar-refractivity contribution in [3.8, 4) is 11.5 Å². The summed E-state index contributed by atoms with van der Waals surface area (Å²) in [6.07, 6.45) is 4.99. The van der Waals surface area contributed by atoms with Crippen LogP contribution in [0.15, 0.2) is 80.4 Å². The topological polar surface area (TPSA) is 87.6 Å². The summed E-state index contributed by atoms with van der Waals surface area (Å²) in [4.78, 5) is 15.3. The number of carbonyl (C=O) groups is 1. The molecule has 0 spiro atoms. The van der Waals surface area contributed by atoms with E-state index in [0.717, 1.165) is 11.1 Å². The number of phenolic OH excluding ortho intramolecular Hbond substituents is 1. The van der Waals surface area contributed by atoms with E-state index in [1.807, 2.05) is 25.1 Å². The largest absolute Gasteiger partial charge is 0.504 e. The van der Waals surface area contributed by atoms with E-state index in [0.29, 0.717) is 28.2 Å². The Balaban J connectivity index is 1.59. The Hall–Kier alpha value is -3.78. The van der Waals surface area contributed by atoms with E-state index in [-0.39, 0.29) is 23.6 Å². The molecule has 2 heterocycles. The van der Waals surface area contributed by atoms with Crippen LogP contribution in [-0.4, -0.2) is 33.9 Å². The number of benzene rings is 2. The Labute approximate surface area is 215 Å². The standard InChI is InChI=1S/C28H29N3O4S/c1-5-34-24-15-20(10-13-23(24)32)16-25-26(33)31(18-22-7-6-14-35-22)27(36-25)30-29-17-19-8-11-21(12-9-19)28(2,3)4/h6-17,32H,5,18H2,1-4H3/b25-16-,29-17-,30-27+. The zero-order valence-electron chi connectivity index (χ0n) is 20.8. The summed E-state index contributed by atoms with van der Waals surface area (Å²) in [5.74, 6) is 0.857. The average Bonchev–Trinajstić information content (AvgIpc) is 3.45. The quantitative estimate of drug-likeness (QED) is 0.236. The summed E-state index contributed by atoms with van der Waals surface area (Å²) in [5, 5.41) is 19.1. The first-order valence-corrected chi connectivity index (χ1v) is 12.5. The van der Waals surface area contributed by atoms with Crippen LogP contribution in [0, 0.1) is 0 Å². The fourth-order valence-electron chi connectivity index (χ4n) is 3.54. The van der Waals surface area contributed by atoms with Crippen LogP contribution in [0.5, 0.6) is 11.5 Å². The number of thioether (sulfide) groups is 1. The third kappa shape index (κ3) is 6.07. The molecule has 36 heavy (non-hydrogen) atoms. The van der Waals surface area contributed by atoms with Crippen molar-refractivity contribution in [1.29, 1.82) is 0 Å². The molecule has 1 fully saturated rings. The lowest BCUT2D eigenvalue weighted by Crippen LogP contribution is -2.28. The molecule has 0 aliphatic carbocycles. The van der Waals surface area contributed by atoms with Crippen molar-refractivity contribution in [3.05, 3.63) is 88.2 Å². The molecule has 186 valence electrons. The Morgan fingerprint density at radius 2 is 1.86 bits per heavy atom. The maximum Gasteiger partial charge on any atom is 0.267 e.